The number of anilines is 2. The molecule has 1 aliphatic heterocycles. The van der Waals surface area contributed by atoms with Crippen molar-refractivity contribution in [1.29, 1.82) is 0 Å². The highest BCUT2D eigenvalue weighted by molar-refractivity contribution is 6.34. The molecule has 0 atom stereocenters. The zero-order valence-corrected chi connectivity index (χ0v) is 12.9. The summed E-state index contributed by atoms with van der Waals surface area (Å²) in [5, 5.41) is 5.67. The molecule has 2 aromatic carbocycles. The molecular formula is C16H13ClN2O4. The molecule has 0 fully saturated rings. The number of benzene rings is 2. The molecule has 2 aromatic rings. The van der Waals surface area contributed by atoms with Crippen molar-refractivity contribution < 1.29 is 19.1 Å². The van der Waals surface area contributed by atoms with Crippen molar-refractivity contribution in [2.75, 3.05) is 17.4 Å². The molecule has 0 saturated carbocycles. The Morgan fingerprint density at radius 1 is 1.04 bits per heavy atom. The predicted molar refractivity (Wildman–Crippen MR) is 86.3 cm³/mol. The monoisotopic (exact) mass is 332 g/mol. The van der Waals surface area contributed by atoms with E-state index in [1.54, 1.807) is 36.4 Å². The second-order valence-electron chi connectivity index (χ2n) is 4.90. The van der Waals surface area contributed by atoms with Crippen LogP contribution in [0.3, 0.4) is 0 Å². The van der Waals surface area contributed by atoms with Gasteiger partial charge in [0.15, 0.2) is 11.5 Å². The Balaban J connectivity index is 1.75. The molecule has 2 N–H and O–H groups in total. The lowest BCUT2D eigenvalue weighted by molar-refractivity contribution is -0.114. The maximum atomic E-state index is 12.3. The fourth-order valence-electron chi connectivity index (χ4n) is 2.12. The number of carbonyl (C=O) groups excluding carboxylic acids is 2. The average Bonchev–Trinajstić information content (AvgIpc) is 2.97. The first-order valence-corrected chi connectivity index (χ1v) is 7.19. The van der Waals surface area contributed by atoms with Gasteiger partial charge in [-0.05, 0) is 36.4 Å². The van der Waals surface area contributed by atoms with Crippen LogP contribution in [0.25, 0.3) is 0 Å². The number of rotatable bonds is 3. The average molecular weight is 333 g/mol. The molecule has 6 nitrogen and oxygen atoms in total. The molecular weight excluding hydrogens is 320 g/mol. The molecule has 7 heteroatoms. The third-order valence-corrected chi connectivity index (χ3v) is 3.49. The summed E-state index contributed by atoms with van der Waals surface area (Å²) in [4.78, 5) is 23.3. The van der Waals surface area contributed by atoms with Crippen LogP contribution in [0.4, 0.5) is 11.4 Å². The van der Waals surface area contributed by atoms with E-state index in [1.807, 2.05) is 0 Å². The molecule has 0 unspecified atom stereocenters. The van der Waals surface area contributed by atoms with E-state index in [9.17, 15) is 9.59 Å². The van der Waals surface area contributed by atoms with E-state index in [2.05, 4.69) is 10.6 Å². The lowest BCUT2D eigenvalue weighted by atomic mass is 10.2. The highest BCUT2D eigenvalue weighted by atomic mass is 35.5. The summed E-state index contributed by atoms with van der Waals surface area (Å²) in [6, 6.07) is 9.80. The van der Waals surface area contributed by atoms with Crippen LogP contribution in [-0.4, -0.2) is 18.6 Å². The minimum Gasteiger partial charge on any atom is -0.454 e. The Kier molecular flexibility index (Phi) is 4.08. The van der Waals surface area contributed by atoms with E-state index in [1.165, 1.54) is 6.92 Å². The first kappa shape index (κ1) is 15.2. The summed E-state index contributed by atoms with van der Waals surface area (Å²) >= 11 is 6.08. The number of amides is 2. The lowest BCUT2D eigenvalue weighted by Gasteiger charge is -2.09. The molecule has 0 spiro atoms. The summed E-state index contributed by atoms with van der Waals surface area (Å²) in [7, 11) is 0. The number of carbonyl (C=O) groups is 2. The van der Waals surface area contributed by atoms with Gasteiger partial charge in [0.25, 0.3) is 5.91 Å². The largest absolute Gasteiger partial charge is 0.454 e. The van der Waals surface area contributed by atoms with Gasteiger partial charge in [-0.15, -0.1) is 0 Å². The molecule has 2 amide bonds. The van der Waals surface area contributed by atoms with Gasteiger partial charge in [0.05, 0.1) is 10.7 Å². The van der Waals surface area contributed by atoms with Crippen molar-refractivity contribution in [1.82, 2.24) is 0 Å². The van der Waals surface area contributed by atoms with Crippen molar-refractivity contribution in [3.05, 3.63) is 47.0 Å². The van der Waals surface area contributed by atoms with Crippen LogP contribution in [0.5, 0.6) is 11.5 Å². The number of halogens is 1. The third kappa shape index (κ3) is 3.37. The van der Waals surface area contributed by atoms with Crippen LogP contribution in [0.1, 0.15) is 17.3 Å². The van der Waals surface area contributed by atoms with Crippen LogP contribution >= 0.6 is 11.6 Å². The summed E-state index contributed by atoms with van der Waals surface area (Å²) in [5.41, 5.74) is 1.45. The van der Waals surface area contributed by atoms with Gasteiger partial charge in [-0.25, -0.2) is 0 Å². The number of nitrogens with one attached hydrogen (secondary N) is 2. The Morgan fingerprint density at radius 2 is 1.83 bits per heavy atom. The molecule has 0 aromatic heterocycles. The first-order valence-electron chi connectivity index (χ1n) is 6.81. The van der Waals surface area contributed by atoms with E-state index in [-0.39, 0.29) is 18.6 Å². The minimum atomic E-state index is -0.299. The molecule has 0 saturated heterocycles. The van der Waals surface area contributed by atoms with Crippen LogP contribution in [0.15, 0.2) is 36.4 Å². The Labute approximate surface area is 137 Å². The molecule has 0 bridgehead atoms. The van der Waals surface area contributed by atoms with Gasteiger partial charge in [0.1, 0.15) is 0 Å². The topological polar surface area (TPSA) is 76.7 Å². The number of fused-ring (bicyclic) bond motifs is 1. The quantitative estimate of drug-likeness (QED) is 0.904. The van der Waals surface area contributed by atoms with Gasteiger partial charge in [-0.3, -0.25) is 9.59 Å². The van der Waals surface area contributed by atoms with Gasteiger partial charge in [0.2, 0.25) is 12.7 Å². The molecule has 23 heavy (non-hydrogen) atoms. The Bertz CT molecular complexity index is 792. The highest BCUT2D eigenvalue weighted by Gasteiger charge is 2.16. The lowest BCUT2D eigenvalue weighted by Crippen LogP contribution is -2.12. The standard InChI is InChI=1S/C16H13ClN2O4/c1-9(20)18-13-4-3-11(7-12(13)17)19-16(21)10-2-5-14-15(6-10)23-8-22-14/h2-7H,8H2,1H3,(H,18,20)(H,19,21). The highest BCUT2D eigenvalue weighted by Crippen LogP contribution is 2.33. The van der Waals surface area contributed by atoms with E-state index >= 15 is 0 Å². The smallest absolute Gasteiger partial charge is 0.255 e. The zero-order valence-electron chi connectivity index (χ0n) is 12.2. The fraction of sp³-hybridized carbons (Fsp3) is 0.125. The predicted octanol–water partition coefficient (Wildman–Crippen LogP) is 3.28. The molecule has 0 aliphatic carbocycles. The third-order valence-electron chi connectivity index (χ3n) is 3.17. The van der Waals surface area contributed by atoms with Gasteiger partial charge in [0, 0.05) is 18.2 Å². The van der Waals surface area contributed by atoms with Crippen LogP contribution in [0, 0.1) is 0 Å². The van der Waals surface area contributed by atoms with Crippen molar-refractivity contribution in [3.8, 4) is 11.5 Å². The fourth-order valence-corrected chi connectivity index (χ4v) is 2.35. The molecule has 118 valence electrons. The van der Waals surface area contributed by atoms with Gasteiger partial charge in [-0.2, -0.15) is 0 Å². The second-order valence-corrected chi connectivity index (χ2v) is 5.31. The van der Waals surface area contributed by atoms with Gasteiger partial charge < -0.3 is 20.1 Å². The normalized spacial score (nSPS) is 11.9. The van der Waals surface area contributed by atoms with E-state index < -0.39 is 0 Å². The SMILES string of the molecule is CC(=O)Nc1ccc(NC(=O)c2ccc3c(c2)OCO3)cc1Cl. The van der Waals surface area contributed by atoms with Gasteiger partial charge >= 0.3 is 0 Å². The van der Waals surface area contributed by atoms with Crippen molar-refractivity contribution >= 4 is 34.8 Å². The van der Waals surface area contributed by atoms with E-state index in [4.69, 9.17) is 21.1 Å². The van der Waals surface area contributed by atoms with Crippen LogP contribution < -0.4 is 20.1 Å². The van der Waals surface area contributed by atoms with Gasteiger partial charge in [-0.1, -0.05) is 11.6 Å². The number of hydrogen-bond donors (Lipinski definition) is 2. The second kappa shape index (κ2) is 6.18. The van der Waals surface area contributed by atoms with Crippen molar-refractivity contribution in [3.63, 3.8) is 0 Å². The maximum absolute atomic E-state index is 12.3. The summed E-state index contributed by atoms with van der Waals surface area (Å²) in [6.45, 7) is 1.55. The molecule has 1 heterocycles. The Morgan fingerprint density at radius 3 is 2.57 bits per heavy atom. The van der Waals surface area contributed by atoms with Crippen molar-refractivity contribution in [2.24, 2.45) is 0 Å². The molecule has 3 rings (SSSR count). The van der Waals surface area contributed by atoms with Crippen molar-refractivity contribution in [2.45, 2.75) is 6.92 Å². The van der Waals surface area contributed by atoms with E-state index in [0.29, 0.717) is 33.5 Å². The molecule has 1 aliphatic rings. The van der Waals surface area contributed by atoms with E-state index in [0.717, 1.165) is 0 Å². The first-order chi connectivity index (χ1) is 11.0. The molecule has 0 radical (unpaired) electrons. The summed E-state index contributed by atoms with van der Waals surface area (Å²) in [5.74, 6) is 0.636. The minimum absolute atomic E-state index is 0.153. The maximum Gasteiger partial charge on any atom is 0.255 e. The Hall–Kier alpha value is -2.73. The summed E-state index contributed by atoms with van der Waals surface area (Å²) < 4.78 is 10.5. The summed E-state index contributed by atoms with van der Waals surface area (Å²) in [6.07, 6.45) is 0. The van der Waals surface area contributed by atoms with Crippen LogP contribution in [0.2, 0.25) is 5.02 Å². The van der Waals surface area contributed by atoms with Crippen LogP contribution in [-0.2, 0) is 4.79 Å². The zero-order chi connectivity index (χ0) is 16.4. The number of hydrogen-bond acceptors (Lipinski definition) is 4. The number of ether oxygens (including phenoxy) is 2.